The Kier molecular flexibility index (Phi) is 39.1. The second kappa shape index (κ2) is 48.2. The monoisotopic (exact) mass is 2060 g/mol. The Labute approximate surface area is 844 Å². The van der Waals surface area contributed by atoms with Gasteiger partial charge in [-0.05, 0) is 148 Å². The zero-order chi connectivity index (χ0) is 84.4. The van der Waals surface area contributed by atoms with E-state index in [0.29, 0.717) is 77.9 Å². The molecule has 2 saturated carbocycles. The molecule has 2 aliphatic rings. The smallest absolute Gasteiger partial charge is 0.368 e. The molecule has 2 fully saturated rings. The van der Waals surface area contributed by atoms with Crippen molar-refractivity contribution in [2.75, 3.05) is 0 Å². The Hall–Kier alpha value is -9.07. The maximum Gasteiger partial charge on any atom is 0.368 e. The number of aromatic nitrogens is 20. The SMILES string of the molecule is CC(C)c1cccc(-n2nnn(C)c2=O)c1COc1cc[c-]cc1.CCCc1cccc(-n2nnn(C)c2=O)c1COc1cc[c-]cc1.Cc1cccc(-n2nnn(C)c2=O)c1COc1cc[c-]cc1.Cn1nnn(-c2cccc(C3CC3(F)F)c2COc2cc[c-]cc2)c1=O.Cn1nnn(-c2cccc(C3CC3)c2COc2cc[c-]cc2)c1=O.[Y].[Y].[Y].[Y].[Y]. The van der Waals surface area contributed by atoms with E-state index < -0.39 is 17.5 Å². The van der Waals surface area contributed by atoms with Crippen molar-refractivity contribution in [3.63, 3.8) is 0 Å². The number of ether oxygens (including phenoxy) is 5. The maximum absolute atomic E-state index is 13.7. The molecular weight excluding hydrogens is 1980 g/mol. The molecule has 0 bridgehead atoms. The van der Waals surface area contributed by atoms with E-state index in [-0.39, 0.29) is 199 Å². The van der Waals surface area contributed by atoms with Crippen molar-refractivity contribution >= 4 is 0 Å². The summed E-state index contributed by atoms with van der Waals surface area (Å²) >= 11 is 0. The van der Waals surface area contributed by atoms with Crippen molar-refractivity contribution in [3.8, 4) is 57.2 Å². The number of tetrazole rings is 5. The molecule has 0 amide bonds. The van der Waals surface area contributed by atoms with E-state index in [4.69, 9.17) is 23.7 Å². The molecule has 5 aromatic heterocycles. The number of hydrogen-bond acceptors (Lipinski definition) is 20. The largest absolute Gasteiger partial charge is 0.514 e. The van der Waals surface area contributed by atoms with Gasteiger partial charge in [-0.25, -0.2) is 32.8 Å². The van der Waals surface area contributed by atoms with Gasteiger partial charge in [0.05, 0.1) is 34.4 Å². The van der Waals surface area contributed by atoms with Crippen LogP contribution in [0.15, 0.2) is 236 Å². The van der Waals surface area contributed by atoms with Gasteiger partial charge in [-0.2, -0.15) is 138 Å². The second-order valence-corrected chi connectivity index (χ2v) is 28.3. The Bertz CT molecular complexity index is 6140. The van der Waals surface area contributed by atoms with Crippen molar-refractivity contribution in [1.82, 2.24) is 99.0 Å². The molecule has 5 heterocycles. The number of benzene rings is 10. The van der Waals surface area contributed by atoms with E-state index in [1.165, 1.54) is 62.9 Å². The predicted octanol–water partition coefficient (Wildman–Crippen LogP) is 11.1. The first-order chi connectivity index (χ1) is 58.2. The van der Waals surface area contributed by atoms with Crippen LogP contribution in [0.1, 0.15) is 120 Å². The van der Waals surface area contributed by atoms with Crippen LogP contribution in [-0.2, 0) is 238 Å². The summed E-state index contributed by atoms with van der Waals surface area (Å²) in [4.78, 5) is 61.0. The standard InChI is InChI=1S/C18H15F2N4O2.C18H17N4O2.2C18H19N4O2.C16H15N4O2.5Y/c1-23-17(25)24(22-21-23)16-9-5-8-13(15-10-18(15,19)20)14(16)11-26-12-6-3-2-4-7-12;1-21-18(23)22(20-19-21)17-9-5-8-15(13-10-11-13)16(17)12-24-14-6-3-2-4-7-14;1-13(2)15-10-7-11-17(22-18(23)21(3)19-20-22)16(15)12-24-14-8-5-4-6-9-14;1-3-8-14-9-7-12-17(22-18(23)21(2)19-20-22)16(14)13-24-15-10-5-4-6-11-15;1-12-7-6-10-15(20-16(21)19(2)17-18-20)14(12)11-22-13-8-4-3-5-9-13;;;;;/h3-9,15H,10-11H2,1H3;3-9,13H,10-12H2,1H3;5-11,13H,12H2,1-3H3;5-7,9-12H,3,8,13H2,1-2H3;4-10H,11H2,1-2H3;;;;;/q5*-1;;;;;. The summed E-state index contributed by atoms with van der Waals surface area (Å²) < 4.78 is 68.9. The minimum Gasteiger partial charge on any atom is -0.514 e. The summed E-state index contributed by atoms with van der Waals surface area (Å²) in [6.07, 6.45) is 4.05. The molecule has 125 heavy (non-hydrogen) atoms. The Balaban J connectivity index is 0.000000192. The third-order valence-corrected chi connectivity index (χ3v) is 19.7. The van der Waals surface area contributed by atoms with Crippen molar-refractivity contribution in [1.29, 1.82) is 0 Å². The molecule has 37 heteroatoms. The molecule has 0 aliphatic heterocycles. The normalized spacial score (nSPS) is 12.4. The fourth-order valence-electron chi connectivity index (χ4n) is 13.0. The molecule has 0 saturated heterocycles. The Morgan fingerprint density at radius 2 is 0.640 bits per heavy atom. The molecule has 2 aliphatic carbocycles. The van der Waals surface area contributed by atoms with Crippen LogP contribution < -0.4 is 52.1 Å². The van der Waals surface area contributed by atoms with Crippen LogP contribution >= 0.6 is 0 Å². The second-order valence-electron chi connectivity index (χ2n) is 28.3. The summed E-state index contributed by atoms with van der Waals surface area (Å²) in [7, 11) is 7.79. The van der Waals surface area contributed by atoms with Gasteiger partial charge in [-0.15, -0.1) is 60.7 Å². The molecular formula is C88H85F2N20O10Y5-5. The quantitative estimate of drug-likeness (QED) is 0.0480. The molecule has 1 unspecified atom stereocenters. The molecule has 30 nitrogen and oxygen atoms in total. The first-order valence-corrected chi connectivity index (χ1v) is 38.5. The molecule has 0 spiro atoms. The third-order valence-electron chi connectivity index (χ3n) is 19.7. The van der Waals surface area contributed by atoms with E-state index >= 15 is 0 Å². The van der Waals surface area contributed by atoms with Crippen LogP contribution in [0.25, 0.3) is 28.4 Å². The minimum absolute atomic E-state index is 0. The van der Waals surface area contributed by atoms with Crippen molar-refractivity contribution < 1.29 is 196 Å². The zero-order valence-electron chi connectivity index (χ0n) is 70.2. The van der Waals surface area contributed by atoms with Crippen LogP contribution in [0, 0.1) is 37.3 Å². The fraction of sp³-hybridized carbons (Fsp3) is 0.261. The summed E-state index contributed by atoms with van der Waals surface area (Å²) in [5.74, 6) is 0.845. The predicted molar refractivity (Wildman–Crippen MR) is 438 cm³/mol. The van der Waals surface area contributed by atoms with Crippen LogP contribution in [0.2, 0.25) is 0 Å². The van der Waals surface area contributed by atoms with E-state index in [9.17, 15) is 32.8 Å². The van der Waals surface area contributed by atoms with E-state index in [0.717, 1.165) is 89.8 Å². The van der Waals surface area contributed by atoms with Crippen LogP contribution in [-0.4, -0.2) is 105 Å². The molecule has 15 aromatic rings. The van der Waals surface area contributed by atoms with Gasteiger partial charge in [0.15, 0.2) is 0 Å². The summed E-state index contributed by atoms with van der Waals surface area (Å²) in [6, 6.07) is 79.1. The average molecular weight is 2070 g/mol. The van der Waals surface area contributed by atoms with Crippen LogP contribution in [0.4, 0.5) is 8.78 Å². The molecule has 631 valence electrons. The maximum atomic E-state index is 13.7. The van der Waals surface area contributed by atoms with Gasteiger partial charge in [0.2, 0.25) is 0 Å². The van der Waals surface area contributed by atoms with E-state index in [1.54, 1.807) is 107 Å². The number of alkyl halides is 2. The first kappa shape index (κ1) is 101. The molecule has 0 N–H and O–H groups in total. The van der Waals surface area contributed by atoms with Gasteiger partial charge < -0.3 is 23.7 Å². The molecule has 5 radical (unpaired) electrons. The zero-order valence-corrected chi connectivity index (χ0v) is 84.4. The van der Waals surface area contributed by atoms with Crippen molar-refractivity contribution in [3.05, 3.63) is 351 Å². The van der Waals surface area contributed by atoms with Gasteiger partial charge in [0.1, 0.15) is 33.0 Å². The van der Waals surface area contributed by atoms with Gasteiger partial charge in [0, 0.05) is 262 Å². The topological polar surface area (TPSA) is 310 Å². The third kappa shape index (κ3) is 25.9. The van der Waals surface area contributed by atoms with Gasteiger partial charge in [-0.3, -0.25) is 0 Å². The van der Waals surface area contributed by atoms with E-state index in [2.05, 4.69) is 115 Å². The number of hydrogen-bond donors (Lipinski definition) is 0. The Morgan fingerprint density at radius 1 is 0.368 bits per heavy atom. The summed E-state index contributed by atoms with van der Waals surface area (Å²) in [6.45, 7) is 9.78. The van der Waals surface area contributed by atoms with Crippen molar-refractivity contribution in [2.24, 2.45) is 35.2 Å². The number of nitrogens with zero attached hydrogens (tertiary/aromatic N) is 20. The molecule has 17 rings (SSSR count). The first-order valence-electron chi connectivity index (χ1n) is 38.5. The molecule has 1 atom stereocenters. The summed E-state index contributed by atoms with van der Waals surface area (Å²) in [5.41, 5.74) is 10.9. The number of rotatable bonds is 25. The molecule has 10 aromatic carbocycles. The van der Waals surface area contributed by atoms with Gasteiger partial charge in [0.25, 0.3) is 5.92 Å². The fourth-order valence-corrected chi connectivity index (χ4v) is 13.0. The van der Waals surface area contributed by atoms with E-state index in [1.807, 2.05) is 128 Å². The Morgan fingerprint density at radius 3 is 0.952 bits per heavy atom. The number of halogens is 2. The summed E-state index contributed by atoms with van der Waals surface area (Å²) in [5, 5.41) is 38.5. The van der Waals surface area contributed by atoms with Crippen LogP contribution in [0.5, 0.6) is 28.7 Å². The average Bonchev–Trinajstić information content (AvgIpc) is 1.60. The minimum atomic E-state index is -2.73. The van der Waals surface area contributed by atoms with Gasteiger partial charge >= 0.3 is 28.4 Å². The van der Waals surface area contributed by atoms with Crippen molar-refractivity contribution in [2.45, 2.75) is 117 Å². The number of aryl methyl sites for hydroxylation is 7. The van der Waals surface area contributed by atoms with Gasteiger partial charge in [-0.1, -0.05) is 87.9 Å². The van der Waals surface area contributed by atoms with Crippen LogP contribution in [0.3, 0.4) is 0 Å².